The highest BCUT2D eigenvalue weighted by Crippen LogP contribution is 2.23. The molecular formula is C20H26O3. The van der Waals surface area contributed by atoms with Gasteiger partial charge in [0, 0.05) is 0 Å². The topological polar surface area (TPSA) is 35.5 Å². The fraction of sp³-hybridized carbons (Fsp3) is 0.350. The number of methoxy groups -OCH3 is 2. The van der Waals surface area contributed by atoms with Crippen molar-refractivity contribution in [1.29, 1.82) is 0 Å². The van der Waals surface area contributed by atoms with Gasteiger partial charge in [-0.05, 0) is 74.6 Å². The lowest BCUT2D eigenvalue weighted by Crippen LogP contribution is -1.94. The molecule has 0 aromatic heterocycles. The summed E-state index contributed by atoms with van der Waals surface area (Å²) in [6.45, 7) is 10.2. The molecule has 124 valence electrons. The monoisotopic (exact) mass is 314 g/mol. The molecule has 0 spiro atoms. The number of ether oxygens (including phenoxy) is 2. The van der Waals surface area contributed by atoms with Crippen molar-refractivity contribution in [2.45, 2.75) is 34.6 Å². The number of aldehydes is 1. The van der Waals surface area contributed by atoms with E-state index in [4.69, 9.17) is 9.47 Å². The molecule has 2 rings (SSSR count). The lowest BCUT2D eigenvalue weighted by Gasteiger charge is -2.07. The molecule has 0 bridgehead atoms. The summed E-state index contributed by atoms with van der Waals surface area (Å²) in [7, 11) is 3.28. The van der Waals surface area contributed by atoms with Crippen molar-refractivity contribution in [3.63, 3.8) is 0 Å². The summed E-state index contributed by atoms with van der Waals surface area (Å²) in [5, 5.41) is 0. The van der Waals surface area contributed by atoms with Crippen LogP contribution in [0.15, 0.2) is 24.3 Å². The smallest absolute Gasteiger partial charge is 0.153 e. The largest absolute Gasteiger partial charge is 0.496 e. The number of carbonyl (C=O) groups is 1. The van der Waals surface area contributed by atoms with Crippen LogP contribution in [-0.2, 0) is 0 Å². The molecule has 0 amide bonds. The van der Waals surface area contributed by atoms with Crippen molar-refractivity contribution in [3.8, 4) is 11.5 Å². The van der Waals surface area contributed by atoms with Crippen molar-refractivity contribution in [3.05, 3.63) is 57.6 Å². The van der Waals surface area contributed by atoms with Crippen LogP contribution in [0.3, 0.4) is 0 Å². The standard InChI is InChI=1S/C10H12O2.C10H14O/c1-7-4-8(2)10(12-3)9(5-7)6-11;1-7-5-9(3)10(11-4)6-8(7)2/h4-6H,1-3H3;5-6H,1-4H3. The third-order valence-electron chi connectivity index (χ3n) is 3.79. The van der Waals surface area contributed by atoms with Crippen LogP contribution in [0.25, 0.3) is 0 Å². The Bertz CT molecular complexity index is 688. The molecule has 0 aliphatic rings. The second-order valence-corrected chi connectivity index (χ2v) is 5.73. The van der Waals surface area contributed by atoms with E-state index < -0.39 is 0 Å². The fourth-order valence-electron chi connectivity index (χ4n) is 2.51. The third-order valence-corrected chi connectivity index (χ3v) is 3.79. The lowest BCUT2D eigenvalue weighted by molar-refractivity contribution is 0.112. The Morgan fingerprint density at radius 2 is 1.35 bits per heavy atom. The van der Waals surface area contributed by atoms with Crippen LogP contribution >= 0.6 is 0 Å². The first kappa shape index (κ1) is 18.8. The van der Waals surface area contributed by atoms with E-state index in [1.807, 2.05) is 26.0 Å². The number of hydrogen-bond acceptors (Lipinski definition) is 3. The molecule has 2 aromatic carbocycles. The summed E-state index contributed by atoms with van der Waals surface area (Å²) >= 11 is 0. The Morgan fingerprint density at radius 3 is 1.87 bits per heavy atom. The highest BCUT2D eigenvalue weighted by molar-refractivity contribution is 5.80. The molecule has 0 aliphatic carbocycles. The van der Waals surface area contributed by atoms with Gasteiger partial charge in [0.2, 0.25) is 0 Å². The second kappa shape index (κ2) is 8.37. The molecule has 0 saturated heterocycles. The van der Waals surface area contributed by atoms with Gasteiger partial charge in [0.25, 0.3) is 0 Å². The van der Waals surface area contributed by atoms with E-state index in [0.29, 0.717) is 11.3 Å². The maximum atomic E-state index is 10.6. The zero-order valence-electron chi connectivity index (χ0n) is 15.1. The minimum Gasteiger partial charge on any atom is -0.496 e. The molecule has 2 aromatic rings. The van der Waals surface area contributed by atoms with E-state index in [0.717, 1.165) is 23.2 Å². The summed E-state index contributed by atoms with van der Waals surface area (Å²) in [4.78, 5) is 10.6. The Balaban J connectivity index is 0.000000231. The van der Waals surface area contributed by atoms with Crippen LogP contribution in [0, 0.1) is 34.6 Å². The van der Waals surface area contributed by atoms with Crippen LogP contribution < -0.4 is 9.47 Å². The van der Waals surface area contributed by atoms with Crippen LogP contribution in [0.1, 0.15) is 38.2 Å². The molecule has 3 heteroatoms. The van der Waals surface area contributed by atoms with E-state index in [-0.39, 0.29) is 0 Å². The summed E-state index contributed by atoms with van der Waals surface area (Å²) in [6, 6.07) is 8.03. The van der Waals surface area contributed by atoms with E-state index in [1.54, 1.807) is 14.2 Å². The zero-order chi connectivity index (χ0) is 17.6. The van der Waals surface area contributed by atoms with E-state index >= 15 is 0 Å². The van der Waals surface area contributed by atoms with Gasteiger partial charge < -0.3 is 9.47 Å². The SMILES string of the molecule is COc1c(C)cc(C)cc1C=O.COc1cc(C)c(C)cc1C. The van der Waals surface area contributed by atoms with E-state index in [1.165, 1.54) is 16.7 Å². The predicted molar refractivity (Wildman–Crippen MR) is 95.1 cm³/mol. The quantitative estimate of drug-likeness (QED) is 0.767. The molecule has 0 saturated carbocycles. The third kappa shape index (κ3) is 4.85. The van der Waals surface area contributed by atoms with Gasteiger partial charge in [0.05, 0.1) is 19.8 Å². The van der Waals surface area contributed by atoms with Gasteiger partial charge in [-0.25, -0.2) is 0 Å². The minimum atomic E-state index is 0.620. The zero-order valence-corrected chi connectivity index (χ0v) is 15.1. The number of benzene rings is 2. The van der Waals surface area contributed by atoms with Gasteiger partial charge in [-0.1, -0.05) is 12.1 Å². The Hall–Kier alpha value is -2.29. The molecule has 0 unspecified atom stereocenters. The Morgan fingerprint density at radius 1 is 0.739 bits per heavy atom. The number of rotatable bonds is 3. The fourth-order valence-corrected chi connectivity index (χ4v) is 2.51. The van der Waals surface area contributed by atoms with Gasteiger partial charge in [-0.15, -0.1) is 0 Å². The Kier molecular flexibility index (Phi) is 6.83. The summed E-state index contributed by atoms with van der Waals surface area (Å²) in [5.41, 5.74) is 6.51. The van der Waals surface area contributed by atoms with Gasteiger partial charge in [0.1, 0.15) is 11.5 Å². The summed E-state index contributed by atoms with van der Waals surface area (Å²) < 4.78 is 10.3. The highest BCUT2D eigenvalue weighted by Gasteiger charge is 2.05. The Labute approximate surface area is 139 Å². The van der Waals surface area contributed by atoms with Gasteiger partial charge >= 0.3 is 0 Å². The molecule has 0 atom stereocenters. The average molecular weight is 314 g/mol. The number of aryl methyl sites for hydroxylation is 5. The molecule has 0 N–H and O–H groups in total. The van der Waals surface area contributed by atoms with Crippen LogP contribution in [0.2, 0.25) is 0 Å². The maximum Gasteiger partial charge on any atom is 0.153 e. The molecule has 3 nitrogen and oxygen atoms in total. The lowest BCUT2D eigenvalue weighted by atomic mass is 10.1. The van der Waals surface area contributed by atoms with Crippen molar-refractivity contribution >= 4 is 6.29 Å². The van der Waals surface area contributed by atoms with Crippen molar-refractivity contribution in [1.82, 2.24) is 0 Å². The van der Waals surface area contributed by atoms with Gasteiger partial charge in [-0.2, -0.15) is 0 Å². The normalized spacial score (nSPS) is 9.70. The van der Waals surface area contributed by atoms with E-state index in [2.05, 4.69) is 32.9 Å². The molecular weight excluding hydrogens is 288 g/mol. The molecule has 0 fully saturated rings. The van der Waals surface area contributed by atoms with Gasteiger partial charge in [0.15, 0.2) is 6.29 Å². The average Bonchev–Trinajstić information content (AvgIpc) is 2.50. The van der Waals surface area contributed by atoms with Crippen molar-refractivity contribution < 1.29 is 14.3 Å². The molecule has 0 heterocycles. The highest BCUT2D eigenvalue weighted by atomic mass is 16.5. The predicted octanol–water partition coefficient (Wildman–Crippen LogP) is 4.75. The van der Waals surface area contributed by atoms with Crippen molar-refractivity contribution in [2.75, 3.05) is 14.2 Å². The van der Waals surface area contributed by atoms with Crippen LogP contribution in [0.5, 0.6) is 11.5 Å². The maximum absolute atomic E-state index is 10.6. The molecule has 0 aliphatic heterocycles. The first-order valence-electron chi connectivity index (χ1n) is 7.56. The number of hydrogen-bond donors (Lipinski definition) is 0. The molecule has 23 heavy (non-hydrogen) atoms. The van der Waals surface area contributed by atoms with Crippen molar-refractivity contribution in [2.24, 2.45) is 0 Å². The van der Waals surface area contributed by atoms with Crippen LogP contribution in [-0.4, -0.2) is 20.5 Å². The molecule has 0 radical (unpaired) electrons. The summed E-state index contributed by atoms with van der Waals surface area (Å²) in [6.07, 6.45) is 0.818. The first-order valence-corrected chi connectivity index (χ1v) is 7.56. The van der Waals surface area contributed by atoms with Crippen LogP contribution in [0.4, 0.5) is 0 Å². The summed E-state index contributed by atoms with van der Waals surface area (Å²) in [5.74, 6) is 1.66. The second-order valence-electron chi connectivity index (χ2n) is 5.73. The minimum absolute atomic E-state index is 0.620. The van der Waals surface area contributed by atoms with Gasteiger partial charge in [-0.3, -0.25) is 4.79 Å². The number of carbonyl (C=O) groups excluding carboxylic acids is 1. The van der Waals surface area contributed by atoms with E-state index in [9.17, 15) is 4.79 Å². The first-order chi connectivity index (χ1) is 10.8.